The zero-order valence-electron chi connectivity index (χ0n) is 8.00. The Labute approximate surface area is 103 Å². The number of hydrogen-bond acceptors (Lipinski definition) is 4. The number of halogens is 3. The lowest BCUT2D eigenvalue weighted by atomic mass is 10.1. The second-order valence-electron chi connectivity index (χ2n) is 2.67. The van der Waals surface area contributed by atoms with Gasteiger partial charge in [0.05, 0.1) is 18.2 Å². The fourth-order valence-corrected chi connectivity index (χ4v) is 1.64. The Balaban J connectivity index is 3.42. The molecule has 0 spiro atoms. The Hall–Kier alpha value is -1.30. The third-order valence-corrected chi connectivity index (χ3v) is 2.61. The van der Waals surface area contributed by atoms with Crippen molar-refractivity contribution in [2.45, 2.75) is 6.43 Å². The maximum Gasteiger partial charge on any atom is 0.340 e. The van der Waals surface area contributed by atoms with Crippen LogP contribution in [0.1, 0.15) is 28.0 Å². The quantitative estimate of drug-likeness (QED) is 0.472. The Bertz CT molecular complexity index is 471. The molecule has 1 aromatic rings. The van der Waals surface area contributed by atoms with E-state index in [0.717, 1.165) is 13.2 Å². The molecular weight excluding hydrogens is 333 g/mol. The van der Waals surface area contributed by atoms with Crippen molar-refractivity contribution in [3.63, 3.8) is 0 Å². The first-order chi connectivity index (χ1) is 7.51. The summed E-state index contributed by atoms with van der Waals surface area (Å²) in [5, 5.41) is 8.71. The molecule has 7 heteroatoms. The number of nitrogens with zero attached hydrogens (tertiary/aromatic N) is 2. The average molecular weight is 338 g/mol. The first kappa shape index (κ1) is 12.8. The highest BCUT2D eigenvalue weighted by Crippen LogP contribution is 2.25. The summed E-state index contributed by atoms with van der Waals surface area (Å²) in [5.74, 6) is -0.859. The second-order valence-corrected chi connectivity index (χ2v) is 3.69. The van der Waals surface area contributed by atoms with Crippen molar-refractivity contribution in [3.05, 3.63) is 26.6 Å². The lowest BCUT2D eigenvalue weighted by Gasteiger charge is -2.06. The monoisotopic (exact) mass is 338 g/mol. The van der Waals surface area contributed by atoms with E-state index in [-0.39, 0.29) is 20.5 Å². The van der Waals surface area contributed by atoms with E-state index >= 15 is 0 Å². The van der Waals surface area contributed by atoms with Gasteiger partial charge in [-0.2, -0.15) is 5.26 Å². The van der Waals surface area contributed by atoms with Gasteiger partial charge in [0.2, 0.25) is 0 Å². The third-order valence-electron chi connectivity index (χ3n) is 1.75. The zero-order chi connectivity index (χ0) is 12.3. The molecule has 0 bridgehead atoms. The summed E-state index contributed by atoms with van der Waals surface area (Å²) in [6.07, 6.45) is -2.75. The van der Waals surface area contributed by atoms with Crippen molar-refractivity contribution < 1.29 is 18.3 Å². The smallest absolute Gasteiger partial charge is 0.340 e. The van der Waals surface area contributed by atoms with Crippen LogP contribution in [0, 0.1) is 15.0 Å². The van der Waals surface area contributed by atoms with Crippen LogP contribution >= 0.6 is 22.6 Å². The molecule has 0 amide bonds. The molecule has 4 nitrogen and oxygen atoms in total. The van der Waals surface area contributed by atoms with Crippen molar-refractivity contribution in [1.82, 2.24) is 4.98 Å². The number of alkyl halides is 2. The summed E-state index contributed by atoms with van der Waals surface area (Å²) >= 11 is 1.58. The van der Waals surface area contributed by atoms with Crippen LogP contribution in [0.25, 0.3) is 0 Å². The van der Waals surface area contributed by atoms with Crippen LogP contribution in [0.5, 0.6) is 0 Å². The minimum absolute atomic E-state index is 0.00296. The van der Waals surface area contributed by atoms with E-state index in [4.69, 9.17) is 5.26 Å². The highest BCUT2D eigenvalue weighted by atomic mass is 127. The number of carbonyl (C=O) groups is 1. The van der Waals surface area contributed by atoms with Crippen molar-refractivity contribution in [2.24, 2.45) is 0 Å². The lowest BCUT2D eigenvalue weighted by molar-refractivity contribution is 0.0599. The number of nitriles is 1. The SMILES string of the molecule is COC(=O)c1cc(C(F)F)c(I)nc1C#N. The molecule has 1 heterocycles. The Kier molecular flexibility index (Phi) is 4.12. The van der Waals surface area contributed by atoms with E-state index in [9.17, 15) is 13.6 Å². The van der Waals surface area contributed by atoms with E-state index in [1.165, 1.54) is 0 Å². The average Bonchev–Trinajstić information content (AvgIpc) is 2.27. The molecule has 84 valence electrons. The van der Waals surface area contributed by atoms with E-state index < -0.39 is 12.4 Å². The van der Waals surface area contributed by atoms with Gasteiger partial charge in [-0.05, 0) is 28.7 Å². The van der Waals surface area contributed by atoms with Crippen molar-refractivity contribution in [3.8, 4) is 6.07 Å². The molecule has 0 radical (unpaired) electrons. The minimum atomic E-state index is -2.75. The van der Waals surface area contributed by atoms with Gasteiger partial charge >= 0.3 is 5.97 Å². The molecular formula is C9H5F2IN2O2. The predicted octanol–water partition coefficient (Wildman–Crippen LogP) is 2.28. The van der Waals surface area contributed by atoms with Gasteiger partial charge in [0, 0.05) is 0 Å². The first-order valence-electron chi connectivity index (χ1n) is 3.98. The fraction of sp³-hybridized carbons (Fsp3) is 0.222. The van der Waals surface area contributed by atoms with Crippen LogP contribution in [-0.4, -0.2) is 18.1 Å². The molecule has 0 aliphatic heterocycles. The summed E-state index contributed by atoms with van der Waals surface area (Å²) in [4.78, 5) is 14.8. The molecule has 0 unspecified atom stereocenters. The Morgan fingerprint density at radius 3 is 2.75 bits per heavy atom. The lowest BCUT2D eigenvalue weighted by Crippen LogP contribution is -2.09. The Morgan fingerprint density at radius 1 is 1.69 bits per heavy atom. The van der Waals surface area contributed by atoms with Crippen LogP contribution in [0.15, 0.2) is 6.07 Å². The summed E-state index contributed by atoms with van der Waals surface area (Å²) < 4.78 is 29.4. The van der Waals surface area contributed by atoms with Gasteiger partial charge < -0.3 is 4.74 Å². The second kappa shape index (κ2) is 5.16. The normalized spacial score (nSPS) is 10.0. The summed E-state index contributed by atoms with van der Waals surface area (Å²) in [7, 11) is 1.10. The van der Waals surface area contributed by atoms with Gasteiger partial charge in [-0.25, -0.2) is 18.6 Å². The molecule has 0 aliphatic rings. The van der Waals surface area contributed by atoms with E-state index in [2.05, 4.69) is 9.72 Å². The maximum atomic E-state index is 12.5. The van der Waals surface area contributed by atoms with E-state index in [1.807, 2.05) is 0 Å². The van der Waals surface area contributed by atoms with Crippen LogP contribution in [0.3, 0.4) is 0 Å². The van der Waals surface area contributed by atoms with Crippen LogP contribution < -0.4 is 0 Å². The van der Waals surface area contributed by atoms with Gasteiger partial charge in [-0.1, -0.05) is 0 Å². The van der Waals surface area contributed by atoms with Gasteiger partial charge in [0.15, 0.2) is 5.69 Å². The number of hydrogen-bond donors (Lipinski definition) is 0. The molecule has 0 saturated heterocycles. The topological polar surface area (TPSA) is 63.0 Å². The number of rotatable bonds is 2. The molecule has 0 N–H and O–H groups in total. The van der Waals surface area contributed by atoms with Crippen LogP contribution in [0.2, 0.25) is 0 Å². The highest BCUT2D eigenvalue weighted by Gasteiger charge is 2.21. The molecule has 0 aliphatic carbocycles. The third kappa shape index (κ3) is 2.44. The molecule has 16 heavy (non-hydrogen) atoms. The fourth-order valence-electron chi connectivity index (χ4n) is 1.01. The molecule has 1 rings (SSSR count). The maximum absolute atomic E-state index is 12.5. The zero-order valence-corrected chi connectivity index (χ0v) is 10.2. The van der Waals surface area contributed by atoms with Gasteiger partial charge in [0.1, 0.15) is 9.77 Å². The number of pyridine rings is 1. The van der Waals surface area contributed by atoms with E-state index in [1.54, 1.807) is 28.7 Å². The number of methoxy groups -OCH3 is 1. The predicted molar refractivity (Wildman–Crippen MR) is 58.0 cm³/mol. The Morgan fingerprint density at radius 2 is 2.31 bits per heavy atom. The molecule has 0 saturated carbocycles. The van der Waals surface area contributed by atoms with E-state index in [0.29, 0.717) is 0 Å². The summed E-state index contributed by atoms with van der Waals surface area (Å²) in [5.41, 5.74) is -0.860. The van der Waals surface area contributed by atoms with Gasteiger partial charge in [-0.3, -0.25) is 0 Å². The van der Waals surface area contributed by atoms with Crippen molar-refractivity contribution in [2.75, 3.05) is 7.11 Å². The highest BCUT2D eigenvalue weighted by molar-refractivity contribution is 14.1. The molecule has 0 fully saturated rings. The van der Waals surface area contributed by atoms with Gasteiger partial charge in [-0.15, -0.1) is 0 Å². The number of ether oxygens (including phenoxy) is 1. The first-order valence-corrected chi connectivity index (χ1v) is 5.06. The van der Waals surface area contributed by atoms with Crippen LogP contribution in [-0.2, 0) is 4.74 Å². The number of aromatic nitrogens is 1. The van der Waals surface area contributed by atoms with Crippen LogP contribution in [0.4, 0.5) is 8.78 Å². The molecule has 0 atom stereocenters. The standard InChI is InChI=1S/C9H5F2IN2O2/c1-16-9(15)4-2-5(7(10)11)8(12)14-6(4)3-13/h2,7H,1H3. The van der Waals surface area contributed by atoms with Gasteiger partial charge in [0.25, 0.3) is 6.43 Å². The number of esters is 1. The molecule has 1 aromatic heterocycles. The number of carbonyl (C=O) groups excluding carboxylic acids is 1. The summed E-state index contributed by atoms with van der Waals surface area (Å²) in [6.45, 7) is 0. The summed E-state index contributed by atoms with van der Waals surface area (Å²) in [6, 6.07) is 2.59. The minimum Gasteiger partial charge on any atom is -0.465 e. The van der Waals surface area contributed by atoms with Crippen molar-refractivity contribution >= 4 is 28.6 Å². The molecule has 0 aromatic carbocycles. The van der Waals surface area contributed by atoms with Crippen molar-refractivity contribution in [1.29, 1.82) is 5.26 Å². The largest absolute Gasteiger partial charge is 0.465 e.